The SMILES string of the molecule is CN(CC(=O)NCCc1cnn(-c2ccccc2)c1)Cc1ccccc1. The second-order valence-electron chi connectivity index (χ2n) is 6.39. The Kier molecular flexibility index (Phi) is 6.17. The average molecular weight is 348 g/mol. The number of nitrogens with zero attached hydrogens (tertiary/aromatic N) is 3. The molecule has 0 saturated heterocycles. The van der Waals surface area contributed by atoms with Gasteiger partial charge >= 0.3 is 0 Å². The van der Waals surface area contributed by atoms with Gasteiger partial charge in [0.25, 0.3) is 0 Å². The first-order valence-corrected chi connectivity index (χ1v) is 8.79. The normalized spacial score (nSPS) is 10.8. The van der Waals surface area contributed by atoms with Crippen molar-refractivity contribution in [2.45, 2.75) is 13.0 Å². The maximum atomic E-state index is 12.1. The van der Waals surface area contributed by atoms with Crippen molar-refractivity contribution in [3.63, 3.8) is 0 Å². The largest absolute Gasteiger partial charge is 0.355 e. The Morgan fingerprint density at radius 1 is 1.04 bits per heavy atom. The number of rotatable bonds is 8. The van der Waals surface area contributed by atoms with Crippen LogP contribution in [0.15, 0.2) is 73.1 Å². The van der Waals surface area contributed by atoms with E-state index in [1.54, 1.807) is 0 Å². The number of para-hydroxylation sites is 1. The highest BCUT2D eigenvalue weighted by Crippen LogP contribution is 2.07. The Balaban J connectivity index is 1.40. The third kappa shape index (κ3) is 5.29. The number of aromatic nitrogens is 2. The van der Waals surface area contributed by atoms with Gasteiger partial charge in [-0.2, -0.15) is 5.10 Å². The van der Waals surface area contributed by atoms with Gasteiger partial charge in [-0.05, 0) is 36.7 Å². The highest BCUT2D eigenvalue weighted by Gasteiger charge is 2.07. The molecule has 0 saturated carbocycles. The highest BCUT2D eigenvalue weighted by molar-refractivity contribution is 5.77. The van der Waals surface area contributed by atoms with Crippen LogP contribution in [0.2, 0.25) is 0 Å². The third-order valence-electron chi connectivity index (χ3n) is 4.10. The summed E-state index contributed by atoms with van der Waals surface area (Å²) >= 11 is 0. The van der Waals surface area contributed by atoms with Gasteiger partial charge in [0.2, 0.25) is 5.91 Å². The number of likely N-dealkylation sites (N-methyl/N-ethyl adjacent to an activating group) is 1. The molecular formula is C21H24N4O. The van der Waals surface area contributed by atoms with Gasteiger partial charge in [0.05, 0.1) is 18.4 Å². The first kappa shape index (κ1) is 17.9. The summed E-state index contributed by atoms with van der Waals surface area (Å²) in [4.78, 5) is 14.1. The van der Waals surface area contributed by atoms with Gasteiger partial charge in [0, 0.05) is 19.3 Å². The molecule has 5 nitrogen and oxygen atoms in total. The van der Waals surface area contributed by atoms with Gasteiger partial charge in [0.15, 0.2) is 0 Å². The zero-order valence-corrected chi connectivity index (χ0v) is 15.0. The molecular weight excluding hydrogens is 324 g/mol. The van der Waals surface area contributed by atoms with E-state index < -0.39 is 0 Å². The molecule has 0 aliphatic carbocycles. The maximum absolute atomic E-state index is 12.1. The summed E-state index contributed by atoms with van der Waals surface area (Å²) in [5, 5.41) is 7.35. The van der Waals surface area contributed by atoms with Gasteiger partial charge < -0.3 is 5.32 Å². The molecule has 3 aromatic rings. The van der Waals surface area contributed by atoms with E-state index in [0.29, 0.717) is 13.1 Å². The zero-order chi connectivity index (χ0) is 18.2. The van der Waals surface area contributed by atoms with E-state index >= 15 is 0 Å². The van der Waals surface area contributed by atoms with E-state index in [2.05, 4.69) is 22.5 Å². The first-order chi connectivity index (χ1) is 12.7. The first-order valence-electron chi connectivity index (χ1n) is 8.79. The predicted molar refractivity (Wildman–Crippen MR) is 103 cm³/mol. The number of nitrogens with one attached hydrogen (secondary N) is 1. The van der Waals surface area contributed by atoms with Crippen LogP contribution in [0, 0.1) is 0 Å². The number of hydrogen-bond donors (Lipinski definition) is 1. The van der Waals surface area contributed by atoms with Gasteiger partial charge in [0.1, 0.15) is 0 Å². The summed E-state index contributed by atoms with van der Waals surface area (Å²) in [5.41, 5.74) is 3.34. The van der Waals surface area contributed by atoms with E-state index in [4.69, 9.17) is 0 Å². The topological polar surface area (TPSA) is 50.2 Å². The van der Waals surface area contributed by atoms with Crippen molar-refractivity contribution >= 4 is 5.91 Å². The van der Waals surface area contributed by atoms with Crippen molar-refractivity contribution < 1.29 is 4.79 Å². The van der Waals surface area contributed by atoms with Crippen LogP contribution >= 0.6 is 0 Å². The monoisotopic (exact) mass is 348 g/mol. The molecule has 5 heteroatoms. The van der Waals surface area contributed by atoms with Gasteiger partial charge in [-0.3, -0.25) is 9.69 Å². The molecule has 3 rings (SSSR count). The lowest BCUT2D eigenvalue weighted by Crippen LogP contribution is -2.35. The molecule has 0 fully saturated rings. The minimum atomic E-state index is 0.0406. The van der Waals surface area contributed by atoms with Crippen molar-refractivity contribution in [3.8, 4) is 5.69 Å². The average Bonchev–Trinajstić information content (AvgIpc) is 3.12. The molecule has 26 heavy (non-hydrogen) atoms. The fourth-order valence-corrected chi connectivity index (χ4v) is 2.81. The van der Waals surface area contributed by atoms with Crippen LogP contribution in [0.3, 0.4) is 0 Å². The fraction of sp³-hybridized carbons (Fsp3) is 0.238. The van der Waals surface area contributed by atoms with E-state index in [1.165, 1.54) is 5.56 Å². The van der Waals surface area contributed by atoms with Crippen LogP contribution in [0.4, 0.5) is 0 Å². The van der Waals surface area contributed by atoms with E-state index in [9.17, 15) is 4.79 Å². The summed E-state index contributed by atoms with van der Waals surface area (Å²) in [6.07, 6.45) is 4.62. The Morgan fingerprint density at radius 3 is 2.46 bits per heavy atom. The van der Waals surface area contributed by atoms with Crippen molar-refractivity contribution in [1.29, 1.82) is 0 Å². The molecule has 2 aromatic carbocycles. The standard InChI is InChI=1S/C21H24N4O/c1-24(15-18-8-4-2-5-9-18)17-21(26)22-13-12-19-14-23-25(16-19)20-10-6-3-7-11-20/h2-11,14,16H,12-13,15,17H2,1H3,(H,22,26). The lowest BCUT2D eigenvalue weighted by Gasteiger charge is -2.16. The van der Waals surface area contributed by atoms with Crippen LogP contribution in [-0.4, -0.2) is 40.7 Å². The van der Waals surface area contributed by atoms with Crippen LogP contribution in [-0.2, 0) is 17.8 Å². The van der Waals surface area contributed by atoms with Crippen molar-refractivity contribution in [1.82, 2.24) is 20.0 Å². The molecule has 134 valence electrons. The summed E-state index contributed by atoms with van der Waals surface area (Å²) in [6, 6.07) is 20.2. The molecule has 1 heterocycles. The molecule has 1 aromatic heterocycles. The van der Waals surface area contributed by atoms with Gasteiger partial charge in [-0.1, -0.05) is 48.5 Å². The molecule has 0 unspecified atom stereocenters. The molecule has 0 spiro atoms. The number of hydrogen-bond acceptors (Lipinski definition) is 3. The molecule has 0 atom stereocenters. The predicted octanol–water partition coefficient (Wildman–Crippen LogP) is 2.66. The van der Waals surface area contributed by atoms with Crippen LogP contribution in [0.1, 0.15) is 11.1 Å². The lowest BCUT2D eigenvalue weighted by atomic mass is 10.2. The summed E-state index contributed by atoms with van der Waals surface area (Å²) in [5.74, 6) is 0.0406. The maximum Gasteiger partial charge on any atom is 0.234 e. The molecule has 0 aliphatic heterocycles. The number of benzene rings is 2. The van der Waals surface area contributed by atoms with Gasteiger partial charge in [-0.25, -0.2) is 4.68 Å². The highest BCUT2D eigenvalue weighted by atomic mass is 16.2. The molecule has 0 bridgehead atoms. The van der Waals surface area contributed by atoms with E-state index in [-0.39, 0.29) is 5.91 Å². The summed E-state index contributed by atoms with van der Waals surface area (Å²) in [6.45, 7) is 1.76. The Hall–Kier alpha value is -2.92. The Labute approximate surface area is 154 Å². The van der Waals surface area contributed by atoms with Crippen molar-refractivity contribution in [3.05, 3.63) is 84.2 Å². The number of carbonyl (C=O) groups excluding carboxylic acids is 1. The third-order valence-corrected chi connectivity index (χ3v) is 4.10. The Morgan fingerprint density at radius 2 is 1.73 bits per heavy atom. The van der Waals surface area contributed by atoms with E-state index in [0.717, 1.165) is 24.2 Å². The number of amides is 1. The molecule has 0 aliphatic rings. The lowest BCUT2D eigenvalue weighted by molar-refractivity contribution is -0.122. The number of carbonyl (C=O) groups is 1. The van der Waals surface area contributed by atoms with Crippen molar-refractivity contribution in [2.75, 3.05) is 20.1 Å². The summed E-state index contributed by atoms with van der Waals surface area (Å²) < 4.78 is 1.85. The second-order valence-corrected chi connectivity index (χ2v) is 6.39. The summed E-state index contributed by atoms with van der Waals surface area (Å²) in [7, 11) is 1.95. The molecule has 1 N–H and O–H groups in total. The fourth-order valence-electron chi connectivity index (χ4n) is 2.81. The van der Waals surface area contributed by atoms with Crippen LogP contribution < -0.4 is 5.32 Å². The van der Waals surface area contributed by atoms with Gasteiger partial charge in [-0.15, -0.1) is 0 Å². The van der Waals surface area contributed by atoms with Crippen LogP contribution in [0.25, 0.3) is 5.69 Å². The zero-order valence-electron chi connectivity index (χ0n) is 15.0. The quantitative estimate of drug-likeness (QED) is 0.681. The minimum Gasteiger partial charge on any atom is -0.355 e. The molecule has 1 amide bonds. The van der Waals surface area contributed by atoms with Crippen molar-refractivity contribution in [2.24, 2.45) is 0 Å². The Bertz CT molecular complexity index is 814. The minimum absolute atomic E-state index is 0.0406. The van der Waals surface area contributed by atoms with Crippen LogP contribution in [0.5, 0.6) is 0 Å². The van der Waals surface area contributed by atoms with E-state index in [1.807, 2.05) is 77.6 Å². The second kappa shape index (κ2) is 8.97. The molecule has 0 radical (unpaired) electrons. The smallest absolute Gasteiger partial charge is 0.234 e.